The number of piperazine rings is 4. The van der Waals surface area contributed by atoms with Crippen LogP contribution in [0.5, 0.6) is 23.0 Å². The van der Waals surface area contributed by atoms with Crippen LogP contribution in [0.2, 0.25) is 20.1 Å². The summed E-state index contributed by atoms with van der Waals surface area (Å²) in [5.41, 5.74) is 0.865. The van der Waals surface area contributed by atoms with Crippen LogP contribution in [0, 0.1) is 27.7 Å². The van der Waals surface area contributed by atoms with Crippen molar-refractivity contribution in [2.45, 2.75) is 143 Å². The fourth-order valence-corrected chi connectivity index (χ4v) is 13.8. The molecule has 0 unspecified atom stereocenters. The van der Waals surface area contributed by atoms with E-state index >= 15 is 0 Å². The monoisotopic (exact) mass is 1830 g/mol. The zero-order valence-electron chi connectivity index (χ0n) is 72.3. The quantitative estimate of drug-likeness (QED) is 0.0299. The number of hydrogen-bond acceptors (Lipinski definition) is 32. The predicted octanol–water partition coefficient (Wildman–Crippen LogP) is 6.52. The summed E-state index contributed by atoms with van der Waals surface area (Å²) in [5, 5.41) is 26.6. The van der Waals surface area contributed by atoms with Crippen LogP contribution in [0.25, 0.3) is 0 Å². The van der Waals surface area contributed by atoms with Gasteiger partial charge in [-0.05, 0) is 79.1 Å². The minimum absolute atomic E-state index is 0.000299. The average Bonchev–Trinajstić information content (AvgIpc) is 0.871. The number of H-pyrrole nitrogens is 4. The van der Waals surface area contributed by atoms with Gasteiger partial charge in [0.05, 0.1) is 168 Å². The Labute approximate surface area is 749 Å². The van der Waals surface area contributed by atoms with E-state index in [1.807, 2.05) is 29.4 Å². The molecule has 0 spiro atoms. The molecular weight excluding hydrogens is 1720 g/mol. The number of methoxy groups -OCH3 is 2. The number of carbonyl (C=O) groups excluding carboxylic acids is 4. The number of hydrogen-bond donors (Lipinski definition) is 4. The molecule has 0 radical (unpaired) electrons. The van der Waals surface area contributed by atoms with Gasteiger partial charge >= 0.3 is 0 Å². The molecule has 8 aromatic heterocycles. The molecule has 4 aliphatic heterocycles. The fourth-order valence-electron chi connectivity index (χ4n) is 13.4. The Hall–Kier alpha value is -10.9. The molecule has 0 bridgehead atoms. The Morgan fingerprint density at radius 1 is 0.341 bits per heavy atom. The van der Waals surface area contributed by atoms with E-state index in [4.69, 9.17) is 84.3 Å². The van der Waals surface area contributed by atoms with E-state index in [-0.39, 0.29) is 110 Å². The Balaban J connectivity index is 0.000000190. The smallest absolute Gasteiger partial charge is 0.270 e. The summed E-state index contributed by atoms with van der Waals surface area (Å²) in [6.45, 7) is 22.7. The molecule has 0 aromatic carbocycles. The van der Waals surface area contributed by atoms with E-state index in [1.54, 1.807) is 91.5 Å². The minimum Gasteiger partial charge on any atom is -0.489 e. The van der Waals surface area contributed by atoms with Crippen molar-refractivity contribution in [1.82, 2.24) is 100 Å². The molecule has 8 aromatic rings. The lowest BCUT2D eigenvalue weighted by molar-refractivity contribution is -0.134. The third-order valence-electron chi connectivity index (χ3n) is 21.0. The van der Waals surface area contributed by atoms with Crippen LogP contribution < -0.4 is 60.8 Å². The van der Waals surface area contributed by atoms with Gasteiger partial charge in [0, 0.05) is 132 Å². The number of aromatic nitrogens is 16. The highest BCUT2D eigenvalue weighted by Gasteiger charge is 2.29. The molecule has 40 nitrogen and oxygen atoms in total. The number of aromatic amines is 4. The number of rotatable bonds is 38. The van der Waals surface area contributed by atoms with E-state index in [9.17, 15) is 38.4 Å². The van der Waals surface area contributed by atoms with Crippen LogP contribution in [0.1, 0.15) is 113 Å². The third kappa shape index (κ3) is 31.9. The summed E-state index contributed by atoms with van der Waals surface area (Å²) in [5.74, 6) is 4.73. The number of ether oxygens (including phenoxy) is 8. The topological polar surface area (TPSA) is 454 Å². The number of unbranched alkanes of at least 4 members (excludes halogenated alkanes) is 2. The van der Waals surface area contributed by atoms with Gasteiger partial charge in [0.15, 0.2) is 0 Å². The van der Waals surface area contributed by atoms with Gasteiger partial charge in [0.25, 0.3) is 22.2 Å². The molecular formula is C82H112Cl4N24O16. The zero-order valence-corrected chi connectivity index (χ0v) is 75.3. The van der Waals surface area contributed by atoms with Crippen molar-refractivity contribution in [3.8, 4) is 23.0 Å². The lowest BCUT2D eigenvalue weighted by Crippen LogP contribution is -2.49. The average molecular weight is 1830 g/mol. The van der Waals surface area contributed by atoms with Gasteiger partial charge in [-0.2, -0.15) is 20.4 Å². The second-order valence-corrected chi connectivity index (χ2v) is 31.6. The Kier molecular flexibility index (Phi) is 41.0. The summed E-state index contributed by atoms with van der Waals surface area (Å²) in [6, 6.07) is 0. The van der Waals surface area contributed by atoms with Crippen molar-refractivity contribution in [2.75, 3.05) is 178 Å². The SMILES string of the molecule is CC[C@@H](CCCCC(=O)N1CCN(c2ncc(Cl)cn2)CC1)Oc1cn[nH]c(=O)c1C.CC[C@H](CCCCC(=O)N1CCN(c2ncc(Cl)cn2)CC1)Oc1cn[nH]c(=O)c1C.COC[C@@H](COc1cn[nH]c(=O)c1C)OCCC(=O)N1CCN(c2ncc(Cl)cn2)CC1.COC[C@H](COc1cn[nH]c(=O)c1C)OCCC(=O)N1CCN(c2ncc(Cl)cn2)CC1. The molecule has 0 aliphatic carbocycles. The Bertz CT molecular complexity index is 4600. The molecule has 4 fully saturated rings. The second kappa shape index (κ2) is 52.3. The van der Waals surface area contributed by atoms with Gasteiger partial charge in [-0.25, -0.2) is 60.3 Å². The normalized spacial score (nSPS) is 15.0. The van der Waals surface area contributed by atoms with Crippen molar-refractivity contribution in [3.05, 3.63) is 158 Å². The fraction of sp³-hybridized carbons (Fsp3) is 0.561. The maximum Gasteiger partial charge on any atom is 0.270 e. The molecule has 0 saturated carbocycles. The van der Waals surface area contributed by atoms with Crippen LogP contribution in [-0.2, 0) is 38.1 Å². The van der Waals surface area contributed by atoms with Crippen LogP contribution in [-0.4, -0.2) is 307 Å². The minimum atomic E-state index is -0.384. The predicted molar refractivity (Wildman–Crippen MR) is 472 cm³/mol. The summed E-state index contributed by atoms with van der Waals surface area (Å²) in [4.78, 5) is 146. The molecule has 4 atom stereocenters. The summed E-state index contributed by atoms with van der Waals surface area (Å²) < 4.78 is 45.2. The number of anilines is 4. The first-order valence-corrected chi connectivity index (χ1v) is 43.4. The first-order chi connectivity index (χ1) is 60.9. The highest BCUT2D eigenvalue weighted by atomic mass is 35.5. The largest absolute Gasteiger partial charge is 0.489 e. The molecule has 126 heavy (non-hydrogen) atoms. The summed E-state index contributed by atoms with van der Waals surface area (Å²) >= 11 is 23.3. The van der Waals surface area contributed by atoms with Crippen LogP contribution in [0.4, 0.5) is 23.8 Å². The van der Waals surface area contributed by atoms with Gasteiger partial charge in [0.1, 0.15) is 48.4 Å². The molecule has 44 heteroatoms. The van der Waals surface area contributed by atoms with Gasteiger partial charge < -0.3 is 77.1 Å². The number of amides is 4. The van der Waals surface area contributed by atoms with Gasteiger partial charge in [-0.15, -0.1) is 0 Å². The standard InChI is InChI=1S/2C21H29ClN6O3.2C20H27ClN6O5/c2*1-3-17(31-18-14-25-26-20(30)15(18)2)6-4-5-7-19(29)27-8-10-28(11-9-27)21-23-12-16(22)13-24-21;2*1-14-17(11-24-25-19(14)29)32-13-16(12-30-2)31-8-3-18(28)26-4-6-27(7-5-26)20-22-9-15(21)10-23-20/h2*12-14,17H,3-11H2,1-2H3,(H,26,30);2*9-11,16H,3-8,12-13H2,1-2H3,(H,25,29)/t2*17-;2*16-/m1010/s1. The first-order valence-electron chi connectivity index (χ1n) is 41.9. The third-order valence-corrected chi connectivity index (χ3v) is 21.8. The van der Waals surface area contributed by atoms with E-state index in [0.29, 0.717) is 220 Å². The van der Waals surface area contributed by atoms with Crippen LogP contribution in [0.15, 0.2) is 93.5 Å². The molecule has 12 rings (SSSR count). The zero-order chi connectivity index (χ0) is 90.3. The second-order valence-electron chi connectivity index (χ2n) is 29.8. The summed E-state index contributed by atoms with van der Waals surface area (Å²) in [7, 11) is 3.12. The van der Waals surface area contributed by atoms with Crippen molar-refractivity contribution in [3.63, 3.8) is 0 Å². The van der Waals surface area contributed by atoms with Crippen molar-refractivity contribution in [1.29, 1.82) is 0 Å². The van der Waals surface area contributed by atoms with Crippen molar-refractivity contribution < 1.29 is 57.1 Å². The lowest BCUT2D eigenvalue weighted by Gasteiger charge is -2.34. The Morgan fingerprint density at radius 2 is 0.587 bits per heavy atom. The number of nitrogens with one attached hydrogen (secondary N) is 4. The first kappa shape index (κ1) is 98.9. The molecule has 12 heterocycles. The van der Waals surface area contributed by atoms with E-state index in [2.05, 4.69) is 104 Å². The summed E-state index contributed by atoms with van der Waals surface area (Å²) in [6.07, 6.45) is 26.1. The van der Waals surface area contributed by atoms with Gasteiger partial charge in [-0.3, -0.25) is 38.4 Å². The maximum atomic E-state index is 12.6. The van der Waals surface area contributed by atoms with Crippen LogP contribution in [0.3, 0.4) is 0 Å². The molecule has 4 N–H and O–H groups in total. The van der Waals surface area contributed by atoms with E-state index < -0.39 is 0 Å². The molecule has 684 valence electrons. The van der Waals surface area contributed by atoms with Crippen molar-refractivity contribution in [2.24, 2.45) is 0 Å². The number of nitrogens with zero attached hydrogens (tertiary/aromatic N) is 20. The highest BCUT2D eigenvalue weighted by Crippen LogP contribution is 2.24. The van der Waals surface area contributed by atoms with Crippen LogP contribution >= 0.6 is 46.4 Å². The van der Waals surface area contributed by atoms with Crippen molar-refractivity contribution >= 4 is 93.8 Å². The van der Waals surface area contributed by atoms with Gasteiger partial charge in [-0.1, -0.05) is 60.3 Å². The van der Waals surface area contributed by atoms with Gasteiger partial charge in [0.2, 0.25) is 47.4 Å². The lowest BCUT2D eigenvalue weighted by atomic mass is 10.1. The molecule has 4 amide bonds. The highest BCUT2D eigenvalue weighted by molar-refractivity contribution is 6.31. The van der Waals surface area contributed by atoms with E-state index in [0.717, 1.165) is 51.4 Å². The van der Waals surface area contributed by atoms with E-state index in [1.165, 1.54) is 24.8 Å². The maximum absolute atomic E-state index is 12.6. The number of carbonyl (C=O) groups is 4. The Morgan fingerprint density at radius 3 is 0.841 bits per heavy atom. The molecule has 4 aliphatic rings. The number of halogens is 4. The molecule has 4 saturated heterocycles.